The number of rotatable bonds is 3. The van der Waals surface area contributed by atoms with Gasteiger partial charge in [-0.25, -0.2) is 4.39 Å². The third-order valence-corrected chi connectivity index (χ3v) is 3.40. The van der Waals surface area contributed by atoms with Gasteiger partial charge in [0.25, 0.3) is 0 Å². The van der Waals surface area contributed by atoms with Crippen molar-refractivity contribution in [2.75, 3.05) is 18.2 Å². The molecule has 0 spiro atoms. The number of anilines is 3. The van der Waals surface area contributed by atoms with Crippen LogP contribution >= 0.6 is 15.9 Å². The zero-order valence-electron chi connectivity index (χ0n) is 10.6. The predicted octanol–water partition coefficient (Wildman–Crippen LogP) is 4.23. The maximum Gasteiger partial charge on any atom is 0.137 e. The second-order valence-corrected chi connectivity index (χ2v) is 5.01. The van der Waals surface area contributed by atoms with Gasteiger partial charge in [-0.3, -0.25) is 0 Å². The van der Waals surface area contributed by atoms with Crippen molar-refractivity contribution in [3.63, 3.8) is 0 Å². The highest BCUT2D eigenvalue weighted by molar-refractivity contribution is 9.10. The van der Waals surface area contributed by atoms with Crippen LogP contribution in [0.5, 0.6) is 5.75 Å². The van der Waals surface area contributed by atoms with Gasteiger partial charge in [0, 0.05) is 11.8 Å². The van der Waals surface area contributed by atoms with Gasteiger partial charge in [-0.05, 0) is 52.7 Å². The van der Waals surface area contributed by atoms with Crippen molar-refractivity contribution in [3.8, 4) is 5.75 Å². The molecule has 0 aliphatic heterocycles. The molecule has 19 heavy (non-hydrogen) atoms. The van der Waals surface area contributed by atoms with Crippen molar-refractivity contribution in [3.05, 3.63) is 46.2 Å². The maximum absolute atomic E-state index is 13.4. The number of aryl methyl sites for hydroxylation is 1. The number of halogens is 2. The summed E-state index contributed by atoms with van der Waals surface area (Å²) in [6.45, 7) is 1.83. The molecule has 0 aliphatic rings. The van der Waals surface area contributed by atoms with Gasteiger partial charge in [0.1, 0.15) is 11.6 Å². The summed E-state index contributed by atoms with van der Waals surface area (Å²) in [4.78, 5) is 0. The molecule has 0 aromatic heterocycles. The van der Waals surface area contributed by atoms with E-state index < -0.39 is 0 Å². The Hall–Kier alpha value is -1.75. The van der Waals surface area contributed by atoms with Gasteiger partial charge >= 0.3 is 0 Å². The maximum atomic E-state index is 13.4. The van der Waals surface area contributed by atoms with Crippen LogP contribution in [0, 0.1) is 12.7 Å². The fourth-order valence-corrected chi connectivity index (χ4v) is 2.04. The number of nitrogen functional groups attached to an aromatic ring is 1. The van der Waals surface area contributed by atoms with Crippen molar-refractivity contribution in [1.82, 2.24) is 0 Å². The minimum absolute atomic E-state index is 0.290. The summed E-state index contributed by atoms with van der Waals surface area (Å²) < 4.78 is 18.9. The van der Waals surface area contributed by atoms with E-state index in [0.29, 0.717) is 15.9 Å². The van der Waals surface area contributed by atoms with Crippen LogP contribution in [0.25, 0.3) is 0 Å². The minimum atomic E-state index is -0.290. The topological polar surface area (TPSA) is 47.3 Å². The highest BCUT2D eigenvalue weighted by Crippen LogP contribution is 2.31. The molecule has 2 rings (SSSR count). The lowest BCUT2D eigenvalue weighted by Crippen LogP contribution is -1.99. The van der Waals surface area contributed by atoms with E-state index in [2.05, 4.69) is 21.2 Å². The minimum Gasteiger partial charge on any atom is -0.497 e. The first-order chi connectivity index (χ1) is 9.01. The third kappa shape index (κ3) is 2.98. The second kappa shape index (κ2) is 5.48. The summed E-state index contributed by atoms with van der Waals surface area (Å²) in [5, 5.41) is 3.18. The van der Waals surface area contributed by atoms with E-state index in [0.717, 1.165) is 16.9 Å². The Bertz CT molecular complexity index is 617. The lowest BCUT2D eigenvalue weighted by molar-refractivity contribution is 0.415. The standard InChI is InChI=1S/C14H14BrFN2O/c1-8-5-11(16)10(15)7-13(8)18-14-6-9(19-2)3-4-12(14)17/h3-7,18H,17H2,1-2H3. The molecule has 0 amide bonds. The largest absolute Gasteiger partial charge is 0.497 e. The van der Waals surface area contributed by atoms with Gasteiger partial charge in [-0.15, -0.1) is 0 Å². The average molecular weight is 325 g/mol. The first-order valence-electron chi connectivity index (χ1n) is 5.67. The number of hydrogen-bond acceptors (Lipinski definition) is 3. The molecule has 5 heteroatoms. The lowest BCUT2D eigenvalue weighted by Gasteiger charge is -2.13. The molecule has 100 valence electrons. The van der Waals surface area contributed by atoms with Crippen molar-refractivity contribution in [2.45, 2.75) is 6.92 Å². The molecule has 0 fully saturated rings. The number of nitrogens with one attached hydrogen (secondary N) is 1. The Kier molecular flexibility index (Phi) is 3.95. The van der Waals surface area contributed by atoms with E-state index in [1.165, 1.54) is 6.07 Å². The van der Waals surface area contributed by atoms with Gasteiger partial charge in [-0.2, -0.15) is 0 Å². The molecule has 2 aromatic carbocycles. The second-order valence-electron chi connectivity index (χ2n) is 4.16. The fraction of sp³-hybridized carbons (Fsp3) is 0.143. The lowest BCUT2D eigenvalue weighted by atomic mass is 10.1. The summed E-state index contributed by atoms with van der Waals surface area (Å²) in [6.07, 6.45) is 0. The van der Waals surface area contributed by atoms with Crippen LogP contribution in [0.4, 0.5) is 21.5 Å². The zero-order valence-corrected chi connectivity index (χ0v) is 12.2. The molecule has 0 heterocycles. The molecular formula is C14H14BrFN2O. The van der Waals surface area contributed by atoms with Crippen LogP contribution in [0.15, 0.2) is 34.8 Å². The molecule has 0 saturated heterocycles. The van der Waals surface area contributed by atoms with Gasteiger partial charge in [-0.1, -0.05) is 0 Å². The molecule has 0 atom stereocenters. The monoisotopic (exact) mass is 324 g/mol. The normalized spacial score (nSPS) is 10.3. The van der Waals surface area contributed by atoms with E-state index in [9.17, 15) is 4.39 Å². The van der Waals surface area contributed by atoms with Crippen LogP contribution < -0.4 is 15.8 Å². The Balaban J connectivity index is 2.38. The number of ether oxygens (including phenoxy) is 1. The molecule has 2 aromatic rings. The van der Waals surface area contributed by atoms with Crippen molar-refractivity contribution in [1.29, 1.82) is 0 Å². The van der Waals surface area contributed by atoms with Gasteiger partial charge in [0.05, 0.1) is 23.0 Å². The number of nitrogens with two attached hydrogens (primary N) is 1. The Labute approximate surface area is 119 Å². The summed E-state index contributed by atoms with van der Waals surface area (Å²) in [7, 11) is 1.59. The van der Waals surface area contributed by atoms with E-state index in [4.69, 9.17) is 10.5 Å². The van der Waals surface area contributed by atoms with Gasteiger partial charge in [0.2, 0.25) is 0 Å². The average Bonchev–Trinajstić information content (AvgIpc) is 2.38. The Morgan fingerprint density at radius 1 is 1.21 bits per heavy atom. The molecule has 3 N–H and O–H groups in total. The van der Waals surface area contributed by atoms with Crippen LogP contribution in [0.1, 0.15) is 5.56 Å². The summed E-state index contributed by atoms with van der Waals surface area (Å²) in [6, 6.07) is 8.49. The molecule has 0 saturated carbocycles. The molecular weight excluding hydrogens is 311 g/mol. The smallest absolute Gasteiger partial charge is 0.137 e. The van der Waals surface area contributed by atoms with Crippen molar-refractivity contribution >= 4 is 33.0 Å². The summed E-state index contributed by atoms with van der Waals surface area (Å²) >= 11 is 3.17. The quantitative estimate of drug-likeness (QED) is 0.830. The Morgan fingerprint density at radius 2 is 1.95 bits per heavy atom. The molecule has 0 bridgehead atoms. The first-order valence-corrected chi connectivity index (χ1v) is 6.46. The fourth-order valence-electron chi connectivity index (χ4n) is 1.70. The third-order valence-electron chi connectivity index (χ3n) is 2.80. The molecule has 3 nitrogen and oxygen atoms in total. The molecule has 0 radical (unpaired) electrons. The van der Waals surface area contributed by atoms with E-state index in [1.54, 1.807) is 31.4 Å². The molecule has 0 aliphatic carbocycles. The summed E-state index contributed by atoms with van der Waals surface area (Å²) in [5.74, 6) is 0.414. The van der Waals surface area contributed by atoms with Gasteiger partial charge in [0.15, 0.2) is 0 Å². The van der Waals surface area contributed by atoms with Crippen LogP contribution in [0.2, 0.25) is 0 Å². The SMILES string of the molecule is COc1ccc(N)c(Nc2cc(Br)c(F)cc2C)c1. The van der Waals surface area contributed by atoms with Crippen molar-refractivity contribution < 1.29 is 9.13 Å². The molecule has 0 unspecified atom stereocenters. The number of benzene rings is 2. The predicted molar refractivity (Wildman–Crippen MR) is 79.5 cm³/mol. The highest BCUT2D eigenvalue weighted by Gasteiger charge is 2.08. The van der Waals surface area contributed by atoms with Crippen LogP contribution in [-0.4, -0.2) is 7.11 Å². The first kappa shape index (κ1) is 13.7. The van der Waals surface area contributed by atoms with Crippen molar-refractivity contribution in [2.24, 2.45) is 0 Å². The highest BCUT2D eigenvalue weighted by atomic mass is 79.9. The number of methoxy groups -OCH3 is 1. The summed E-state index contributed by atoms with van der Waals surface area (Å²) in [5.41, 5.74) is 8.81. The van der Waals surface area contributed by atoms with E-state index >= 15 is 0 Å². The zero-order chi connectivity index (χ0) is 14.0. The number of hydrogen-bond donors (Lipinski definition) is 2. The van der Waals surface area contributed by atoms with E-state index in [-0.39, 0.29) is 5.82 Å². The van der Waals surface area contributed by atoms with Gasteiger partial charge < -0.3 is 15.8 Å². The van der Waals surface area contributed by atoms with Crippen LogP contribution in [0.3, 0.4) is 0 Å². The Morgan fingerprint density at radius 3 is 2.63 bits per heavy atom. The van der Waals surface area contributed by atoms with Crippen LogP contribution in [-0.2, 0) is 0 Å². The van der Waals surface area contributed by atoms with E-state index in [1.807, 2.05) is 6.92 Å².